The molecule has 2 aromatic carbocycles. The fourth-order valence-corrected chi connectivity index (χ4v) is 3.64. The predicted octanol–water partition coefficient (Wildman–Crippen LogP) is 2.69. The second-order valence-electron chi connectivity index (χ2n) is 7.18. The lowest BCUT2D eigenvalue weighted by Crippen LogP contribution is -2.30. The number of nitrogens with one attached hydrogen (secondary N) is 1. The van der Waals surface area contributed by atoms with Gasteiger partial charge in [0.1, 0.15) is 29.5 Å². The molecule has 3 aromatic rings. The van der Waals surface area contributed by atoms with Crippen molar-refractivity contribution in [3.8, 4) is 11.5 Å². The Morgan fingerprint density at radius 3 is 2.83 bits per heavy atom. The van der Waals surface area contributed by atoms with Crippen LogP contribution >= 0.6 is 0 Å². The minimum absolute atomic E-state index is 0.161. The minimum atomic E-state index is -0.720. The molecule has 7 heteroatoms. The first kappa shape index (κ1) is 19.4. The molecule has 0 bridgehead atoms. The Labute approximate surface area is 167 Å². The van der Waals surface area contributed by atoms with Crippen LogP contribution in [0.2, 0.25) is 0 Å². The van der Waals surface area contributed by atoms with E-state index in [9.17, 15) is 14.3 Å². The van der Waals surface area contributed by atoms with Crippen molar-refractivity contribution < 1.29 is 19.0 Å². The monoisotopic (exact) mass is 398 g/mol. The molecule has 29 heavy (non-hydrogen) atoms. The van der Waals surface area contributed by atoms with Gasteiger partial charge in [0.2, 0.25) is 0 Å². The first-order valence-electron chi connectivity index (χ1n) is 9.63. The molecule has 1 aliphatic heterocycles. The Kier molecular flexibility index (Phi) is 5.51. The number of β-amino-alcohol motifs (C(OH)–C–C–N with tert-alkyl or cyclic N) is 1. The second kappa shape index (κ2) is 8.23. The van der Waals surface area contributed by atoms with Gasteiger partial charge in [0, 0.05) is 42.2 Å². The van der Waals surface area contributed by atoms with Gasteiger partial charge in [-0.2, -0.15) is 0 Å². The number of likely N-dealkylation sites (tertiary alicyclic amines) is 1. The zero-order valence-corrected chi connectivity index (χ0v) is 16.1. The predicted molar refractivity (Wildman–Crippen MR) is 108 cm³/mol. The number of benzene rings is 2. The normalized spacial score (nSPS) is 19.6. The van der Waals surface area contributed by atoms with Gasteiger partial charge in [0.25, 0.3) is 5.56 Å². The third-order valence-corrected chi connectivity index (χ3v) is 4.99. The number of nitrogens with zero attached hydrogens (tertiary/aromatic N) is 1. The minimum Gasteiger partial charge on any atom is -0.494 e. The van der Waals surface area contributed by atoms with E-state index in [2.05, 4.69) is 4.98 Å². The van der Waals surface area contributed by atoms with Crippen molar-refractivity contribution in [3.63, 3.8) is 0 Å². The van der Waals surface area contributed by atoms with Crippen molar-refractivity contribution in [1.29, 1.82) is 0 Å². The SMILES string of the molecule is CCOc1ccc2[nH]c(=O)c(CN3CC(O)C(Oc4cccc(F)c4)C3)cc2c1. The van der Waals surface area contributed by atoms with Crippen LogP contribution in [0.4, 0.5) is 4.39 Å². The van der Waals surface area contributed by atoms with Crippen LogP contribution in [-0.2, 0) is 6.54 Å². The van der Waals surface area contributed by atoms with E-state index in [0.29, 0.717) is 37.6 Å². The van der Waals surface area contributed by atoms with Gasteiger partial charge in [-0.15, -0.1) is 0 Å². The molecule has 0 spiro atoms. The van der Waals surface area contributed by atoms with E-state index in [-0.39, 0.29) is 11.4 Å². The van der Waals surface area contributed by atoms with E-state index in [1.54, 1.807) is 12.1 Å². The molecule has 2 heterocycles. The summed E-state index contributed by atoms with van der Waals surface area (Å²) in [6.07, 6.45) is -1.21. The molecule has 6 nitrogen and oxygen atoms in total. The van der Waals surface area contributed by atoms with Gasteiger partial charge in [-0.05, 0) is 43.3 Å². The quantitative estimate of drug-likeness (QED) is 0.668. The number of aromatic nitrogens is 1. The topological polar surface area (TPSA) is 74.8 Å². The molecule has 2 N–H and O–H groups in total. The maximum atomic E-state index is 13.4. The fourth-order valence-electron chi connectivity index (χ4n) is 3.64. The largest absolute Gasteiger partial charge is 0.494 e. The molecule has 1 aromatic heterocycles. The molecule has 4 rings (SSSR count). The smallest absolute Gasteiger partial charge is 0.252 e. The number of ether oxygens (including phenoxy) is 2. The van der Waals surface area contributed by atoms with Crippen LogP contribution in [0.5, 0.6) is 11.5 Å². The summed E-state index contributed by atoms with van der Waals surface area (Å²) in [7, 11) is 0. The zero-order chi connectivity index (χ0) is 20.4. The number of hydrogen-bond donors (Lipinski definition) is 2. The van der Waals surface area contributed by atoms with Crippen molar-refractivity contribution >= 4 is 10.9 Å². The summed E-state index contributed by atoms with van der Waals surface area (Å²) in [6.45, 7) is 3.68. The maximum absolute atomic E-state index is 13.4. The lowest BCUT2D eigenvalue weighted by Gasteiger charge is -2.17. The highest BCUT2D eigenvalue weighted by atomic mass is 19.1. The molecule has 0 amide bonds. The van der Waals surface area contributed by atoms with Crippen molar-refractivity contribution in [2.75, 3.05) is 19.7 Å². The van der Waals surface area contributed by atoms with E-state index in [4.69, 9.17) is 9.47 Å². The Balaban J connectivity index is 1.49. The van der Waals surface area contributed by atoms with E-state index < -0.39 is 12.2 Å². The summed E-state index contributed by atoms with van der Waals surface area (Å²) < 4.78 is 24.6. The molecule has 0 radical (unpaired) electrons. The van der Waals surface area contributed by atoms with Crippen molar-refractivity contribution in [2.24, 2.45) is 0 Å². The summed E-state index contributed by atoms with van der Waals surface area (Å²) in [5, 5.41) is 11.2. The number of hydrogen-bond acceptors (Lipinski definition) is 5. The Bertz CT molecular complexity index is 1070. The van der Waals surface area contributed by atoms with Gasteiger partial charge in [0.05, 0.1) is 6.61 Å². The van der Waals surface area contributed by atoms with Crippen LogP contribution in [0.25, 0.3) is 10.9 Å². The van der Waals surface area contributed by atoms with Gasteiger partial charge >= 0.3 is 0 Å². The fraction of sp³-hybridized carbons (Fsp3) is 0.318. The summed E-state index contributed by atoms with van der Waals surface area (Å²) in [4.78, 5) is 17.3. The first-order chi connectivity index (χ1) is 14.0. The number of aliphatic hydroxyl groups is 1. The van der Waals surface area contributed by atoms with Crippen LogP contribution in [0.15, 0.2) is 53.3 Å². The van der Waals surface area contributed by atoms with Gasteiger partial charge < -0.3 is 19.6 Å². The molecule has 1 aliphatic rings. The number of aromatic amines is 1. The Hall–Kier alpha value is -2.90. The average Bonchev–Trinajstić information content (AvgIpc) is 3.02. The number of halogens is 1. The van der Waals surface area contributed by atoms with Crippen LogP contribution < -0.4 is 15.0 Å². The Morgan fingerprint density at radius 2 is 2.03 bits per heavy atom. The van der Waals surface area contributed by atoms with Gasteiger partial charge in [-0.1, -0.05) is 6.07 Å². The third-order valence-electron chi connectivity index (χ3n) is 4.99. The molecule has 2 unspecified atom stereocenters. The van der Waals surface area contributed by atoms with E-state index >= 15 is 0 Å². The highest BCUT2D eigenvalue weighted by Gasteiger charge is 2.33. The van der Waals surface area contributed by atoms with Gasteiger partial charge in [-0.3, -0.25) is 9.69 Å². The van der Waals surface area contributed by atoms with Gasteiger partial charge in [0.15, 0.2) is 0 Å². The van der Waals surface area contributed by atoms with Crippen molar-refractivity contribution in [2.45, 2.75) is 25.7 Å². The summed E-state index contributed by atoms with van der Waals surface area (Å²) in [6, 6.07) is 13.3. The highest BCUT2D eigenvalue weighted by Crippen LogP contribution is 2.22. The number of fused-ring (bicyclic) bond motifs is 1. The second-order valence-corrected chi connectivity index (χ2v) is 7.18. The first-order valence-corrected chi connectivity index (χ1v) is 9.63. The third kappa shape index (κ3) is 4.41. The van der Waals surface area contributed by atoms with Crippen LogP contribution in [0.3, 0.4) is 0 Å². The molecule has 2 atom stereocenters. The highest BCUT2D eigenvalue weighted by molar-refractivity contribution is 5.80. The molecule has 1 saturated heterocycles. The molecule has 0 aliphatic carbocycles. The molecular formula is C22H23FN2O4. The lowest BCUT2D eigenvalue weighted by molar-refractivity contribution is 0.0734. The van der Waals surface area contributed by atoms with Crippen molar-refractivity contribution in [1.82, 2.24) is 9.88 Å². The van der Waals surface area contributed by atoms with Crippen LogP contribution in [0, 0.1) is 5.82 Å². The number of pyridine rings is 1. The molecule has 0 saturated carbocycles. The number of H-pyrrole nitrogens is 1. The number of aliphatic hydroxyl groups excluding tert-OH is 1. The molecule has 1 fully saturated rings. The van der Waals surface area contributed by atoms with Crippen molar-refractivity contribution in [3.05, 3.63) is 70.3 Å². The molecular weight excluding hydrogens is 375 g/mol. The van der Waals surface area contributed by atoms with Crippen LogP contribution in [0.1, 0.15) is 12.5 Å². The van der Waals surface area contributed by atoms with E-state index in [1.807, 2.05) is 36.1 Å². The van der Waals surface area contributed by atoms with E-state index in [0.717, 1.165) is 16.7 Å². The summed E-state index contributed by atoms with van der Waals surface area (Å²) in [5.74, 6) is 0.738. The zero-order valence-electron chi connectivity index (χ0n) is 16.1. The average molecular weight is 398 g/mol. The Morgan fingerprint density at radius 1 is 1.17 bits per heavy atom. The van der Waals surface area contributed by atoms with E-state index in [1.165, 1.54) is 12.1 Å². The molecule has 152 valence electrons. The standard InChI is InChI=1S/C22H23FN2O4/c1-2-28-17-6-7-19-14(9-17)8-15(22(27)24-19)11-25-12-20(26)21(13-25)29-18-5-3-4-16(23)10-18/h3-10,20-21,26H,2,11-13H2,1H3,(H,24,27). The summed E-state index contributed by atoms with van der Waals surface area (Å²) in [5.41, 5.74) is 1.19. The lowest BCUT2D eigenvalue weighted by atomic mass is 10.1. The number of rotatable bonds is 6. The maximum Gasteiger partial charge on any atom is 0.252 e. The van der Waals surface area contributed by atoms with Crippen LogP contribution in [-0.4, -0.2) is 46.9 Å². The summed E-state index contributed by atoms with van der Waals surface area (Å²) >= 11 is 0. The van der Waals surface area contributed by atoms with Gasteiger partial charge in [-0.25, -0.2) is 4.39 Å².